The summed E-state index contributed by atoms with van der Waals surface area (Å²) in [6, 6.07) is 8.45. The summed E-state index contributed by atoms with van der Waals surface area (Å²) in [4.78, 5) is 15.3. The first-order chi connectivity index (χ1) is 13.2. The zero-order valence-electron chi connectivity index (χ0n) is 15.8. The Morgan fingerprint density at radius 1 is 1.26 bits per heavy atom. The molecule has 142 valence electrons. The molecule has 0 bridgehead atoms. The molecule has 6 nitrogen and oxygen atoms in total. The first kappa shape index (κ1) is 16.9. The molecular formula is C21H26N4O2. The number of aromatic nitrogens is 3. The minimum Gasteiger partial charge on any atom is -0.381 e. The monoisotopic (exact) mass is 366 g/mol. The van der Waals surface area contributed by atoms with Crippen molar-refractivity contribution >= 4 is 5.91 Å². The van der Waals surface area contributed by atoms with Gasteiger partial charge in [-0.15, -0.1) is 10.2 Å². The second-order valence-electron chi connectivity index (χ2n) is 8.41. The Kier molecular flexibility index (Phi) is 4.04. The van der Waals surface area contributed by atoms with E-state index in [-0.39, 0.29) is 17.2 Å². The minimum atomic E-state index is 0.0530. The van der Waals surface area contributed by atoms with E-state index >= 15 is 0 Å². The number of likely N-dealkylation sites (tertiary alicyclic amines) is 1. The van der Waals surface area contributed by atoms with Gasteiger partial charge in [-0.1, -0.05) is 17.7 Å². The van der Waals surface area contributed by atoms with E-state index in [1.165, 1.54) is 12.8 Å². The fourth-order valence-electron chi connectivity index (χ4n) is 4.86. The smallest absolute Gasteiger partial charge is 0.253 e. The summed E-state index contributed by atoms with van der Waals surface area (Å²) in [5.74, 6) is 1.43. The molecule has 1 unspecified atom stereocenters. The second kappa shape index (κ2) is 6.44. The van der Waals surface area contributed by atoms with Gasteiger partial charge in [0.2, 0.25) is 0 Å². The highest BCUT2D eigenvalue weighted by atomic mass is 16.5. The van der Waals surface area contributed by atoms with Crippen LogP contribution >= 0.6 is 0 Å². The molecule has 1 spiro atoms. The molecule has 3 aliphatic rings. The van der Waals surface area contributed by atoms with Crippen LogP contribution in [0.3, 0.4) is 0 Å². The van der Waals surface area contributed by atoms with E-state index in [4.69, 9.17) is 4.74 Å². The van der Waals surface area contributed by atoms with Gasteiger partial charge in [0, 0.05) is 49.2 Å². The van der Waals surface area contributed by atoms with Gasteiger partial charge in [-0.05, 0) is 44.7 Å². The first-order valence-corrected chi connectivity index (χ1v) is 9.99. The van der Waals surface area contributed by atoms with Gasteiger partial charge in [0.05, 0.1) is 0 Å². The molecule has 3 fully saturated rings. The average Bonchev–Trinajstić information content (AvgIpc) is 3.31. The van der Waals surface area contributed by atoms with E-state index in [9.17, 15) is 4.79 Å². The Bertz CT molecular complexity index is 851. The molecule has 1 aliphatic carbocycles. The Balaban J connectivity index is 1.48. The third-order valence-corrected chi connectivity index (χ3v) is 6.54. The van der Waals surface area contributed by atoms with Gasteiger partial charge in [0.15, 0.2) is 0 Å². The highest BCUT2D eigenvalue weighted by Crippen LogP contribution is 2.50. The quantitative estimate of drug-likeness (QED) is 0.838. The lowest BCUT2D eigenvalue weighted by Gasteiger charge is -2.37. The van der Waals surface area contributed by atoms with Crippen molar-refractivity contribution in [1.29, 1.82) is 0 Å². The van der Waals surface area contributed by atoms with Gasteiger partial charge in [0.25, 0.3) is 5.91 Å². The highest BCUT2D eigenvalue weighted by Gasteiger charge is 2.51. The Morgan fingerprint density at radius 3 is 2.81 bits per heavy atom. The number of hydrogen-bond acceptors (Lipinski definition) is 4. The van der Waals surface area contributed by atoms with Crippen molar-refractivity contribution in [1.82, 2.24) is 19.7 Å². The molecule has 2 aromatic rings. The maximum Gasteiger partial charge on any atom is 0.253 e. The maximum atomic E-state index is 13.2. The van der Waals surface area contributed by atoms with Gasteiger partial charge in [-0.25, -0.2) is 0 Å². The van der Waals surface area contributed by atoms with Gasteiger partial charge in [0.1, 0.15) is 12.2 Å². The molecule has 2 saturated heterocycles. The molecule has 6 heteroatoms. The van der Waals surface area contributed by atoms with Crippen LogP contribution in [0, 0.1) is 12.3 Å². The first-order valence-electron chi connectivity index (χ1n) is 9.99. The number of benzene rings is 1. The van der Waals surface area contributed by atoms with Crippen molar-refractivity contribution in [3.8, 4) is 0 Å². The topological polar surface area (TPSA) is 60.2 Å². The van der Waals surface area contributed by atoms with Gasteiger partial charge in [-0.3, -0.25) is 4.79 Å². The standard InChI is InChI=1S/C21H26N4O2/c1-15-3-2-4-16(11-15)20(26)24-12-18(21(13-24)7-9-27-10-8-21)19-23-22-14-25(19)17-5-6-17/h2-4,11,14,17-18H,5-10,12-13H2,1H3. The zero-order valence-corrected chi connectivity index (χ0v) is 15.8. The molecule has 1 aromatic heterocycles. The largest absolute Gasteiger partial charge is 0.381 e. The molecule has 0 N–H and O–H groups in total. The van der Waals surface area contributed by atoms with Crippen LogP contribution in [-0.2, 0) is 4.74 Å². The zero-order chi connectivity index (χ0) is 18.4. The van der Waals surface area contributed by atoms with E-state index in [1.54, 1.807) is 0 Å². The van der Waals surface area contributed by atoms with Crippen LogP contribution in [0.5, 0.6) is 0 Å². The van der Waals surface area contributed by atoms with Crippen LogP contribution in [0.4, 0.5) is 0 Å². The van der Waals surface area contributed by atoms with Crippen LogP contribution < -0.4 is 0 Å². The van der Waals surface area contributed by atoms with Crippen LogP contribution in [0.1, 0.15) is 59.4 Å². The van der Waals surface area contributed by atoms with Crippen molar-refractivity contribution < 1.29 is 9.53 Å². The number of hydrogen-bond donors (Lipinski definition) is 0. The summed E-state index contributed by atoms with van der Waals surface area (Å²) in [6.45, 7) is 5.06. The van der Waals surface area contributed by atoms with Crippen molar-refractivity contribution in [3.05, 3.63) is 47.5 Å². The van der Waals surface area contributed by atoms with Gasteiger partial charge in [-0.2, -0.15) is 0 Å². The Labute approximate surface area is 159 Å². The summed E-state index contributed by atoms with van der Waals surface area (Å²) in [5.41, 5.74) is 1.95. The lowest BCUT2D eigenvalue weighted by atomic mass is 9.71. The summed E-state index contributed by atoms with van der Waals surface area (Å²) in [5, 5.41) is 8.75. The summed E-state index contributed by atoms with van der Waals surface area (Å²) in [6.07, 6.45) is 6.25. The fraction of sp³-hybridized carbons (Fsp3) is 0.571. The van der Waals surface area contributed by atoms with Crippen LogP contribution in [0.15, 0.2) is 30.6 Å². The van der Waals surface area contributed by atoms with E-state index in [0.29, 0.717) is 6.04 Å². The number of amides is 1. The van der Waals surface area contributed by atoms with Crippen molar-refractivity contribution in [2.45, 2.75) is 44.6 Å². The molecule has 1 atom stereocenters. The lowest BCUT2D eigenvalue weighted by Crippen LogP contribution is -2.37. The average molecular weight is 366 g/mol. The predicted octanol–water partition coefficient (Wildman–Crippen LogP) is 2.96. The SMILES string of the molecule is Cc1cccc(C(=O)N2CC(c3nncn3C3CC3)C3(CCOCC3)C2)c1. The van der Waals surface area contributed by atoms with Crippen LogP contribution in [-0.4, -0.2) is 51.9 Å². The van der Waals surface area contributed by atoms with Gasteiger partial charge >= 0.3 is 0 Å². The van der Waals surface area contributed by atoms with E-state index in [2.05, 4.69) is 14.8 Å². The number of nitrogens with zero attached hydrogens (tertiary/aromatic N) is 4. The minimum absolute atomic E-state index is 0.0530. The second-order valence-corrected chi connectivity index (χ2v) is 8.41. The van der Waals surface area contributed by atoms with Crippen molar-refractivity contribution in [2.75, 3.05) is 26.3 Å². The molecule has 1 aromatic carbocycles. The third-order valence-electron chi connectivity index (χ3n) is 6.54. The molecule has 2 aliphatic heterocycles. The number of aryl methyl sites for hydroxylation is 1. The number of ether oxygens (including phenoxy) is 1. The molecular weight excluding hydrogens is 340 g/mol. The third kappa shape index (κ3) is 2.96. The summed E-state index contributed by atoms with van der Waals surface area (Å²) in [7, 11) is 0. The van der Waals surface area contributed by atoms with Crippen LogP contribution in [0.25, 0.3) is 0 Å². The van der Waals surface area contributed by atoms with Crippen molar-refractivity contribution in [3.63, 3.8) is 0 Å². The number of carbonyl (C=O) groups is 1. The molecule has 27 heavy (non-hydrogen) atoms. The van der Waals surface area contributed by atoms with E-state index < -0.39 is 0 Å². The Hall–Kier alpha value is -2.21. The summed E-state index contributed by atoms with van der Waals surface area (Å²) >= 11 is 0. The van der Waals surface area contributed by atoms with Gasteiger partial charge < -0.3 is 14.2 Å². The maximum absolute atomic E-state index is 13.2. The number of carbonyl (C=O) groups excluding carboxylic acids is 1. The molecule has 0 radical (unpaired) electrons. The summed E-state index contributed by atoms with van der Waals surface area (Å²) < 4.78 is 7.93. The van der Waals surface area contributed by atoms with E-state index in [0.717, 1.165) is 56.1 Å². The lowest BCUT2D eigenvalue weighted by molar-refractivity contribution is 0.0107. The molecule has 3 heterocycles. The molecule has 5 rings (SSSR count). The molecule has 1 saturated carbocycles. The van der Waals surface area contributed by atoms with E-state index in [1.807, 2.05) is 42.4 Å². The molecule has 1 amide bonds. The number of rotatable bonds is 3. The van der Waals surface area contributed by atoms with Crippen molar-refractivity contribution in [2.24, 2.45) is 5.41 Å². The normalized spacial score (nSPS) is 24.5. The predicted molar refractivity (Wildman–Crippen MR) is 101 cm³/mol. The fourth-order valence-corrected chi connectivity index (χ4v) is 4.86. The van der Waals surface area contributed by atoms with Crippen LogP contribution in [0.2, 0.25) is 0 Å². The highest BCUT2D eigenvalue weighted by molar-refractivity contribution is 5.94. The Morgan fingerprint density at radius 2 is 2.07 bits per heavy atom.